The van der Waals surface area contributed by atoms with Crippen LogP contribution in [0.1, 0.15) is 23.2 Å². The van der Waals surface area contributed by atoms with E-state index in [2.05, 4.69) is 0 Å². The number of carbonyl (C=O) groups is 1. The molecular formula is C8H7ClOS. The highest BCUT2D eigenvalue weighted by atomic mass is 35.5. The predicted octanol–water partition coefficient (Wildman–Crippen LogP) is 2.99. The first-order chi connectivity index (χ1) is 5.29. The zero-order valence-corrected chi connectivity index (χ0v) is 7.41. The van der Waals surface area contributed by atoms with Crippen molar-refractivity contribution in [1.29, 1.82) is 0 Å². The lowest BCUT2D eigenvalue weighted by Crippen LogP contribution is -1.99. The Morgan fingerprint density at radius 1 is 1.64 bits per heavy atom. The molecule has 11 heavy (non-hydrogen) atoms. The summed E-state index contributed by atoms with van der Waals surface area (Å²) in [6.45, 7) is 0. The monoisotopic (exact) mass is 186 g/mol. The normalized spacial score (nSPS) is 16.8. The first-order valence-electron chi connectivity index (χ1n) is 3.56. The largest absolute Gasteiger partial charge is 0.294 e. The van der Waals surface area contributed by atoms with Crippen molar-refractivity contribution in [2.75, 3.05) is 0 Å². The zero-order valence-electron chi connectivity index (χ0n) is 5.84. The van der Waals surface area contributed by atoms with Gasteiger partial charge in [-0.3, -0.25) is 4.79 Å². The molecule has 0 spiro atoms. The van der Waals surface area contributed by atoms with Gasteiger partial charge in [-0.05, 0) is 24.3 Å². The third-order valence-electron chi connectivity index (χ3n) is 1.83. The van der Waals surface area contributed by atoms with Crippen LogP contribution in [-0.2, 0) is 0 Å². The molecule has 1 aliphatic carbocycles. The van der Waals surface area contributed by atoms with Gasteiger partial charge >= 0.3 is 0 Å². The van der Waals surface area contributed by atoms with E-state index in [4.69, 9.17) is 11.6 Å². The van der Waals surface area contributed by atoms with E-state index in [0.29, 0.717) is 4.34 Å². The quantitative estimate of drug-likeness (QED) is 0.649. The second kappa shape index (κ2) is 2.61. The Balaban J connectivity index is 2.27. The molecule has 0 aliphatic heterocycles. The smallest absolute Gasteiger partial charge is 0.168 e. The Kier molecular flexibility index (Phi) is 1.74. The van der Waals surface area contributed by atoms with E-state index in [-0.39, 0.29) is 11.7 Å². The van der Waals surface area contributed by atoms with Gasteiger partial charge in [-0.15, -0.1) is 11.3 Å². The van der Waals surface area contributed by atoms with E-state index in [9.17, 15) is 4.79 Å². The van der Waals surface area contributed by atoms with Gasteiger partial charge in [-0.2, -0.15) is 0 Å². The zero-order chi connectivity index (χ0) is 7.84. The lowest BCUT2D eigenvalue weighted by molar-refractivity contribution is 0.0968. The molecule has 58 valence electrons. The number of Topliss-reactive ketones (excluding diaryl/α,β-unsaturated/α-hetero) is 1. The van der Waals surface area contributed by atoms with Crippen LogP contribution in [0.5, 0.6) is 0 Å². The number of ketones is 1. The summed E-state index contributed by atoms with van der Waals surface area (Å²) in [6, 6.07) is 1.81. The summed E-state index contributed by atoms with van der Waals surface area (Å²) in [4.78, 5) is 11.4. The summed E-state index contributed by atoms with van der Waals surface area (Å²) >= 11 is 7.23. The molecule has 1 saturated carbocycles. The summed E-state index contributed by atoms with van der Waals surface area (Å²) in [5.74, 6) is 0.512. The van der Waals surface area contributed by atoms with Crippen LogP contribution in [0, 0.1) is 5.92 Å². The molecule has 1 aromatic heterocycles. The van der Waals surface area contributed by atoms with E-state index >= 15 is 0 Å². The average Bonchev–Trinajstić information content (AvgIpc) is 2.74. The van der Waals surface area contributed by atoms with Crippen molar-refractivity contribution in [3.8, 4) is 0 Å². The highest BCUT2D eigenvalue weighted by Crippen LogP contribution is 2.35. The van der Waals surface area contributed by atoms with Crippen LogP contribution >= 0.6 is 22.9 Å². The molecule has 1 aromatic rings. The SMILES string of the molecule is O=C(c1ccsc1Cl)C1CC1. The van der Waals surface area contributed by atoms with Crippen molar-refractivity contribution < 1.29 is 4.79 Å². The number of halogens is 1. The molecule has 0 atom stereocenters. The third-order valence-corrected chi connectivity index (χ3v) is 3.00. The van der Waals surface area contributed by atoms with Crippen molar-refractivity contribution in [1.82, 2.24) is 0 Å². The molecule has 1 fully saturated rings. The van der Waals surface area contributed by atoms with Crippen LogP contribution in [0.4, 0.5) is 0 Å². The van der Waals surface area contributed by atoms with Gasteiger partial charge in [-0.25, -0.2) is 0 Å². The Labute approximate surface area is 74.0 Å². The van der Waals surface area contributed by atoms with Gasteiger partial charge in [0.1, 0.15) is 4.34 Å². The van der Waals surface area contributed by atoms with E-state index in [1.165, 1.54) is 11.3 Å². The molecule has 3 heteroatoms. The second-order valence-electron chi connectivity index (χ2n) is 2.75. The summed E-state index contributed by atoms with van der Waals surface area (Å²) in [7, 11) is 0. The molecule has 0 unspecified atom stereocenters. The maximum absolute atomic E-state index is 11.4. The van der Waals surface area contributed by atoms with Gasteiger partial charge in [0, 0.05) is 11.5 Å². The minimum Gasteiger partial charge on any atom is -0.294 e. The molecule has 1 aliphatic rings. The topological polar surface area (TPSA) is 17.1 Å². The minimum absolute atomic E-state index is 0.233. The van der Waals surface area contributed by atoms with Crippen LogP contribution in [0.3, 0.4) is 0 Å². The van der Waals surface area contributed by atoms with Crippen LogP contribution in [0.2, 0.25) is 4.34 Å². The van der Waals surface area contributed by atoms with Crippen molar-refractivity contribution in [2.45, 2.75) is 12.8 Å². The Morgan fingerprint density at radius 2 is 2.36 bits per heavy atom. The van der Waals surface area contributed by atoms with Gasteiger partial charge < -0.3 is 0 Å². The Hall–Kier alpha value is -0.340. The van der Waals surface area contributed by atoms with Crippen molar-refractivity contribution >= 4 is 28.7 Å². The van der Waals surface area contributed by atoms with E-state index in [0.717, 1.165) is 18.4 Å². The van der Waals surface area contributed by atoms with Gasteiger partial charge in [0.25, 0.3) is 0 Å². The number of hydrogen-bond acceptors (Lipinski definition) is 2. The summed E-state index contributed by atoms with van der Waals surface area (Å²) in [5, 5.41) is 1.86. The van der Waals surface area contributed by atoms with E-state index in [1.54, 1.807) is 0 Å². The summed E-state index contributed by atoms with van der Waals surface area (Å²) in [5.41, 5.74) is 0.721. The van der Waals surface area contributed by atoms with Crippen LogP contribution in [0.25, 0.3) is 0 Å². The number of rotatable bonds is 2. The minimum atomic E-state index is 0.233. The summed E-state index contributed by atoms with van der Waals surface area (Å²) < 4.78 is 0.641. The standard InChI is InChI=1S/C8H7ClOS/c9-8-6(3-4-11-8)7(10)5-1-2-5/h3-5H,1-2H2. The fourth-order valence-electron chi connectivity index (χ4n) is 1.04. The number of carbonyl (C=O) groups excluding carboxylic acids is 1. The molecular weight excluding hydrogens is 180 g/mol. The first-order valence-corrected chi connectivity index (χ1v) is 4.82. The van der Waals surface area contributed by atoms with Crippen molar-refractivity contribution in [2.24, 2.45) is 5.92 Å². The van der Waals surface area contributed by atoms with Crippen LogP contribution < -0.4 is 0 Å². The maximum atomic E-state index is 11.4. The van der Waals surface area contributed by atoms with Gasteiger partial charge in [0.05, 0.1) is 0 Å². The highest BCUT2D eigenvalue weighted by Gasteiger charge is 2.31. The van der Waals surface area contributed by atoms with Crippen molar-refractivity contribution in [3.05, 3.63) is 21.3 Å². The third kappa shape index (κ3) is 1.33. The molecule has 1 nitrogen and oxygen atoms in total. The first kappa shape index (κ1) is 7.32. The molecule has 0 bridgehead atoms. The van der Waals surface area contributed by atoms with Crippen LogP contribution in [0.15, 0.2) is 11.4 Å². The van der Waals surface area contributed by atoms with Crippen LogP contribution in [-0.4, -0.2) is 5.78 Å². The molecule has 0 radical (unpaired) electrons. The highest BCUT2D eigenvalue weighted by molar-refractivity contribution is 7.14. The fraction of sp³-hybridized carbons (Fsp3) is 0.375. The molecule has 0 aromatic carbocycles. The predicted molar refractivity (Wildman–Crippen MR) is 46.4 cm³/mol. The number of hydrogen-bond donors (Lipinski definition) is 0. The Morgan fingerprint density at radius 3 is 2.82 bits per heavy atom. The molecule has 0 N–H and O–H groups in total. The number of thiophene rings is 1. The van der Waals surface area contributed by atoms with Gasteiger partial charge in [0.2, 0.25) is 0 Å². The fourth-order valence-corrected chi connectivity index (χ4v) is 1.96. The molecule has 2 rings (SSSR count). The average molecular weight is 187 g/mol. The molecule has 0 amide bonds. The lowest BCUT2D eigenvalue weighted by atomic mass is 10.1. The van der Waals surface area contributed by atoms with Gasteiger partial charge in [-0.1, -0.05) is 11.6 Å². The van der Waals surface area contributed by atoms with Crippen molar-refractivity contribution in [3.63, 3.8) is 0 Å². The second-order valence-corrected chi connectivity index (χ2v) is 4.26. The van der Waals surface area contributed by atoms with E-state index in [1.807, 2.05) is 11.4 Å². The lowest BCUT2D eigenvalue weighted by Gasteiger charge is -1.92. The van der Waals surface area contributed by atoms with E-state index < -0.39 is 0 Å². The molecule has 0 saturated heterocycles. The summed E-state index contributed by atoms with van der Waals surface area (Å²) in [6.07, 6.45) is 2.09. The molecule has 1 heterocycles. The maximum Gasteiger partial charge on any atom is 0.168 e. The Bertz CT molecular complexity index is 288. The van der Waals surface area contributed by atoms with Gasteiger partial charge in [0.15, 0.2) is 5.78 Å².